The summed E-state index contributed by atoms with van der Waals surface area (Å²) in [5, 5.41) is 2.54. The average Bonchev–Trinajstić information content (AvgIpc) is 3.21. The Morgan fingerprint density at radius 2 is 2.00 bits per heavy atom. The monoisotopic (exact) mass is 420 g/mol. The van der Waals surface area contributed by atoms with Crippen molar-refractivity contribution in [2.45, 2.75) is 51.7 Å². The van der Waals surface area contributed by atoms with Gasteiger partial charge >= 0.3 is 0 Å². The predicted molar refractivity (Wildman–Crippen MR) is 116 cm³/mol. The molecule has 1 saturated heterocycles. The summed E-state index contributed by atoms with van der Waals surface area (Å²) in [5.74, 6) is 0.373. The van der Waals surface area contributed by atoms with Crippen LogP contribution in [0.1, 0.15) is 38.7 Å². The molecule has 7 nitrogen and oxygen atoms in total. The molecule has 1 aliphatic rings. The minimum absolute atomic E-state index is 0.0261. The molecule has 29 heavy (non-hydrogen) atoms. The van der Waals surface area contributed by atoms with Gasteiger partial charge in [0.15, 0.2) is 0 Å². The van der Waals surface area contributed by atoms with Gasteiger partial charge in [-0.25, -0.2) is 0 Å². The molecule has 3 N–H and O–H groups in total. The van der Waals surface area contributed by atoms with Crippen LogP contribution in [0.4, 0.5) is 0 Å². The van der Waals surface area contributed by atoms with Crippen LogP contribution < -0.4 is 11.1 Å². The fraction of sp³-hybridized carbons (Fsp3) is 0.571. The van der Waals surface area contributed by atoms with Crippen molar-refractivity contribution in [3.63, 3.8) is 0 Å². The van der Waals surface area contributed by atoms with Gasteiger partial charge in [-0.05, 0) is 18.9 Å². The number of rotatable bonds is 10. The van der Waals surface area contributed by atoms with Gasteiger partial charge in [-0.3, -0.25) is 14.4 Å². The van der Waals surface area contributed by atoms with Crippen LogP contribution in [0.3, 0.4) is 0 Å². The highest BCUT2D eigenvalue weighted by molar-refractivity contribution is 7.99. The second-order valence-electron chi connectivity index (χ2n) is 7.34. The van der Waals surface area contributed by atoms with E-state index in [1.165, 1.54) is 0 Å². The van der Waals surface area contributed by atoms with Crippen LogP contribution >= 0.6 is 11.8 Å². The van der Waals surface area contributed by atoms with Gasteiger partial charge in [-0.2, -0.15) is 0 Å². The maximum Gasteiger partial charge on any atom is 0.246 e. The highest BCUT2D eigenvalue weighted by Crippen LogP contribution is 2.23. The Hall–Kier alpha value is -2.06. The van der Waals surface area contributed by atoms with Crippen molar-refractivity contribution in [3.05, 3.63) is 35.9 Å². The zero-order valence-electron chi connectivity index (χ0n) is 17.3. The fourth-order valence-electron chi connectivity index (χ4n) is 3.15. The van der Waals surface area contributed by atoms with Crippen molar-refractivity contribution >= 4 is 29.5 Å². The summed E-state index contributed by atoms with van der Waals surface area (Å²) in [6, 6.07) is 8.74. The lowest BCUT2D eigenvalue weighted by Gasteiger charge is -2.30. The van der Waals surface area contributed by atoms with Crippen molar-refractivity contribution in [2.24, 2.45) is 5.73 Å². The average molecular weight is 421 g/mol. The lowest BCUT2D eigenvalue weighted by molar-refractivity contribution is -0.143. The standard InChI is InChI=1S/C21H32N4O3S/c1-3-4-8-11-24(13-17-9-6-5-7-10-17)21(28)18-14-29-15-25(18)19(26)12-23-20(27)16(2)22/h5-7,9-10,16,18H,3-4,8,11-15,22H2,1-2H3,(H,23,27)/t16-,18-/m0/s1. The van der Waals surface area contributed by atoms with Crippen LogP contribution in [0.5, 0.6) is 0 Å². The van der Waals surface area contributed by atoms with Gasteiger partial charge in [-0.15, -0.1) is 11.8 Å². The fourth-order valence-corrected chi connectivity index (χ4v) is 4.32. The highest BCUT2D eigenvalue weighted by Gasteiger charge is 2.37. The molecule has 3 amide bonds. The molecule has 0 unspecified atom stereocenters. The summed E-state index contributed by atoms with van der Waals surface area (Å²) in [6.45, 7) is 4.77. The van der Waals surface area contributed by atoms with E-state index in [0.29, 0.717) is 24.7 Å². The molecule has 1 aromatic carbocycles. The molecular weight excluding hydrogens is 388 g/mol. The molecule has 8 heteroatoms. The maximum absolute atomic E-state index is 13.3. The summed E-state index contributed by atoms with van der Waals surface area (Å²) in [6.07, 6.45) is 3.08. The van der Waals surface area contributed by atoms with Crippen LogP contribution in [0, 0.1) is 0 Å². The summed E-state index contributed by atoms with van der Waals surface area (Å²) < 4.78 is 0. The first-order valence-electron chi connectivity index (χ1n) is 10.2. The van der Waals surface area contributed by atoms with E-state index in [-0.39, 0.29) is 24.3 Å². The van der Waals surface area contributed by atoms with Gasteiger partial charge in [0.2, 0.25) is 17.7 Å². The molecule has 1 heterocycles. The number of nitrogens with two attached hydrogens (primary N) is 1. The predicted octanol–water partition coefficient (Wildman–Crippen LogP) is 1.57. The summed E-state index contributed by atoms with van der Waals surface area (Å²) in [5.41, 5.74) is 6.59. The quantitative estimate of drug-likeness (QED) is 0.560. The zero-order chi connectivity index (χ0) is 21.2. The third-order valence-corrected chi connectivity index (χ3v) is 5.89. The first-order chi connectivity index (χ1) is 13.9. The molecule has 0 spiro atoms. The van der Waals surface area contributed by atoms with Gasteiger partial charge < -0.3 is 20.9 Å². The first-order valence-corrected chi connectivity index (χ1v) is 11.3. The summed E-state index contributed by atoms with van der Waals surface area (Å²) in [7, 11) is 0. The van der Waals surface area contributed by atoms with Crippen LogP contribution in [0.2, 0.25) is 0 Å². The molecule has 0 saturated carbocycles. The molecule has 0 bridgehead atoms. The number of benzene rings is 1. The lowest BCUT2D eigenvalue weighted by Crippen LogP contribution is -2.52. The number of hydrogen-bond donors (Lipinski definition) is 2. The molecule has 0 aliphatic carbocycles. The first kappa shape index (κ1) is 23.2. The number of unbranched alkanes of at least 4 members (excludes halogenated alkanes) is 2. The number of nitrogens with one attached hydrogen (secondary N) is 1. The molecule has 160 valence electrons. The van der Waals surface area contributed by atoms with E-state index in [2.05, 4.69) is 12.2 Å². The molecule has 0 radical (unpaired) electrons. The maximum atomic E-state index is 13.3. The Morgan fingerprint density at radius 1 is 1.28 bits per heavy atom. The Kier molecular flexibility index (Phi) is 9.47. The minimum Gasteiger partial charge on any atom is -0.346 e. The Morgan fingerprint density at radius 3 is 2.66 bits per heavy atom. The van der Waals surface area contributed by atoms with Crippen molar-refractivity contribution in [2.75, 3.05) is 24.7 Å². The van der Waals surface area contributed by atoms with E-state index in [4.69, 9.17) is 5.73 Å². The Labute approximate surface area is 177 Å². The third kappa shape index (κ3) is 7.04. The van der Waals surface area contributed by atoms with E-state index in [1.807, 2.05) is 35.2 Å². The molecule has 0 aromatic heterocycles. The van der Waals surface area contributed by atoms with Gasteiger partial charge in [0, 0.05) is 18.8 Å². The summed E-state index contributed by atoms with van der Waals surface area (Å²) in [4.78, 5) is 41.0. The molecule has 1 aliphatic heterocycles. The third-order valence-electron chi connectivity index (χ3n) is 4.87. The van der Waals surface area contributed by atoms with Gasteiger partial charge in [-0.1, -0.05) is 50.1 Å². The van der Waals surface area contributed by atoms with E-state index in [9.17, 15) is 14.4 Å². The van der Waals surface area contributed by atoms with Crippen molar-refractivity contribution in [1.82, 2.24) is 15.1 Å². The number of thioether (sulfide) groups is 1. The largest absolute Gasteiger partial charge is 0.346 e. The van der Waals surface area contributed by atoms with Crippen LogP contribution in [0.25, 0.3) is 0 Å². The van der Waals surface area contributed by atoms with E-state index in [0.717, 1.165) is 24.8 Å². The summed E-state index contributed by atoms with van der Waals surface area (Å²) >= 11 is 1.56. The Balaban J connectivity index is 2.04. The van der Waals surface area contributed by atoms with Crippen LogP contribution in [0.15, 0.2) is 30.3 Å². The van der Waals surface area contributed by atoms with E-state index in [1.54, 1.807) is 23.6 Å². The molecule has 1 fully saturated rings. The highest BCUT2D eigenvalue weighted by atomic mass is 32.2. The molecule has 1 aromatic rings. The smallest absolute Gasteiger partial charge is 0.246 e. The minimum atomic E-state index is -0.673. The molecular formula is C21H32N4O3S. The number of nitrogens with zero attached hydrogens (tertiary/aromatic N) is 2. The zero-order valence-corrected chi connectivity index (χ0v) is 18.1. The normalized spacial score (nSPS) is 17.1. The topological polar surface area (TPSA) is 95.7 Å². The number of carbonyl (C=O) groups excluding carboxylic acids is 3. The number of amides is 3. The lowest BCUT2D eigenvalue weighted by atomic mass is 10.1. The number of hydrogen-bond acceptors (Lipinski definition) is 5. The van der Waals surface area contributed by atoms with Crippen molar-refractivity contribution in [3.8, 4) is 0 Å². The van der Waals surface area contributed by atoms with Crippen LogP contribution in [-0.2, 0) is 20.9 Å². The van der Waals surface area contributed by atoms with Crippen molar-refractivity contribution in [1.29, 1.82) is 0 Å². The van der Waals surface area contributed by atoms with Crippen LogP contribution in [-0.4, -0.2) is 64.3 Å². The van der Waals surface area contributed by atoms with Gasteiger partial charge in [0.25, 0.3) is 0 Å². The molecule has 2 rings (SSSR count). The molecule has 2 atom stereocenters. The second-order valence-corrected chi connectivity index (χ2v) is 8.34. The second kappa shape index (κ2) is 11.8. The van der Waals surface area contributed by atoms with Gasteiger partial charge in [0.05, 0.1) is 18.5 Å². The Bertz CT molecular complexity index is 684. The van der Waals surface area contributed by atoms with Gasteiger partial charge in [0.1, 0.15) is 6.04 Å². The number of carbonyl (C=O) groups is 3. The van der Waals surface area contributed by atoms with E-state index < -0.39 is 12.1 Å². The van der Waals surface area contributed by atoms with Crippen molar-refractivity contribution < 1.29 is 14.4 Å². The van der Waals surface area contributed by atoms with E-state index >= 15 is 0 Å². The SMILES string of the molecule is CCCCCN(Cc1ccccc1)C(=O)[C@@H]1CSCN1C(=O)CNC(=O)[C@H](C)N.